The molecule has 12 heteroatoms. The van der Waals surface area contributed by atoms with Crippen molar-refractivity contribution in [2.75, 3.05) is 12.4 Å². The Bertz CT molecular complexity index is 1730. The van der Waals surface area contributed by atoms with Crippen LogP contribution in [0.15, 0.2) is 42.2 Å². The molecule has 10 atom stereocenters. The van der Waals surface area contributed by atoms with Crippen molar-refractivity contribution in [3.05, 3.63) is 53.3 Å². The number of ether oxygens (including phenoxy) is 5. The Balaban J connectivity index is 1.63. The fourth-order valence-corrected chi connectivity index (χ4v) is 7.07. The average Bonchev–Trinajstić information content (AvgIpc) is 3.60. The van der Waals surface area contributed by atoms with Crippen LogP contribution in [-0.2, 0) is 19.0 Å². The molecule has 0 aromatic heterocycles. The molecular weight excluding hydrogens is 634 g/mol. The molecule has 6 bridgehead atoms. The number of anilines is 1. The maximum atomic E-state index is 14.0. The van der Waals surface area contributed by atoms with Crippen LogP contribution >= 0.6 is 0 Å². The molecule has 0 amide bonds. The molecule has 3 aliphatic heterocycles. The molecule has 0 spiro atoms. The number of phenols is 2. The highest BCUT2D eigenvalue weighted by atomic mass is 16.7. The second-order valence-electron chi connectivity index (χ2n) is 13.7. The lowest BCUT2D eigenvalue weighted by Gasteiger charge is -2.38. The Morgan fingerprint density at radius 2 is 1.67 bits per heavy atom. The lowest BCUT2D eigenvalue weighted by atomic mass is 9.78. The molecule has 3 heterocycles. The third-order valence-electron chi connectivity index (χ3n) is 10.2. The summed E-state index contributed by atoms with van der Waals surface area (Å²) >= 11 is 0. The third kappa shape index (κ3) is 6.33. The lowest BCUT2D eigenvalue weighted by molar-refractivity contribution is -0.160. The van der Waals surface area contributed by atoms with Gasteiger partial charge in [0.1, 0.15) is 23.4 Å². The molecule has 0 saturated heterocycles. The third-order valence-corrected chi connectivity index (χ3v) is 10.2. The summed E-state index contributed by atoms with van der Waals surface area (Å²) in [5.74, 6) is -5.24. The minimum absolute atomic E-state index is 0.0400. The number of rotatable bonds is 2. The quantitative estimate of drug-likeness (QED) is 0.261. The highest BCUT2D eigenvalue weighted by Gasteiger charge is 2.50. The fourth-order valence-electron chi connectivity index (χ4n) is 7.07. The van der Waals surface area contributed by atoms with E-state index in [0.717, 1.165) is 5.57 Å². The van der Waals surface area contributed by atoms with E-state index in [1.807, 2.05) is 26.0 Å². The van der Waals surface area contributed by atoms with E-state index in [1.165, 1.54) is 33.3 Å². The Morgan fingerprint density at radius 3 is 2.33 bits per heavy atom. The van der Waals surface area contributed by atoms with E-state index in [1.54, 1.807) is 39.8 Å². The second kappa shape index (κ2) is 13.6. The molecule has 49 heavy (non-hydrogen) atoms. The number of aromatic hydroxyl groups is 2. The number of carbonyl (C=O) groups is 2. The number of fused-ring (bicyclic) bond motifs is 2. The first-order valence-corrected chi connectivity index (χ1v) is 16.5. The van der Waals surface area contributed by atoms with E-state index in [-0.39, 0.29) is 50.8 Å². The molecule has 3 aliphatic rings. The van der Waals surface area contributed by atoms with Gasteiger partial charge in [-0.2, -0.15) is 0 Å². The van der Waals surface area contributed by atoms with Crippen molar-refractivity contribution in [1.82, 2.24) is 0 Å². The smallest absolute Gasteiger partial charge is 0.312 e. The van der Waals surface area contributed by atoms with Gasteiger partial charge in [-0.05, 0) is 25.5 Å². The topological polar surface area (TPSA) is 173 Å². The van der Waals surface area contributed by atoms with Crippen LogP contribution < -0.4 is 14.8 Å². The van der Waals surface area contributed by atoms with E-state index in [9.17, 15) is 30.0 Å². The summed E-state index contributed by atoms with van der Waals surface area (Å²) in [7, 11) is 1.47. The van der Waals surface area contributed by atoms with Crippen LogP contribution in [0, 0.1) is 30.6 Å². The molecule has 2 aromatic carbocycles. The van der Waals surface area contributed by atoms with Gasteiger partial charge < -0.3 is 49.4 Å². The maximum Gasteiger partial charge on any atom is 0.312 e. The number of carbonyl (C=O) groups excluding carboxylic acids is 2. The summed E-state index contributed by atoms with van der Waals surface area (Å²) in [6.07, 6.45) is 4.04. The van der Waals surface area contributed by atoms with Crippen LogP contribution in [-0.4, -0.2) is 75.7 Å². The predicted octanol–water partition coefficient (Wildman–Crippen LogP) is 5.24. The van der Waals surface area contributed by atoms with E-state index >= 15 is 0 Å². The number of nitrogens with one attached hydrogen (secondary N) is 1. The van der Waals surface area contributed by atoms with Crippen LogP contribution in [0.25, 0.3) is 10.8 Å². The molecule has 0 aliphatic carbocycles. The summed E-state index contributed by atoms with van der Waals surface area (Å²) in [5, 5.41) is 48.8. The standard InChI is InChI=1S/C37H47NO11/c1-16-11-10-12-17(2)36-38-23-15-24(40)26-27(34(23)48-36)31(43)21(6)33-28(26)35(44)37(8,49-33)46-14-13-25(45-9)18(3)32(47-22(7)39)20(5)30(42)19(4)29(16)41/h10-16,18-20,25,29-30,32,36,38,40-43H,1-9H3/b11-10-,14-13-,17-12-/t16-,18+,19+,20+,25-,29-,30+,32+,36?,37-/m0/s1. The number of methoxy groups -OCH3 is 1. The molecule has 1 unspecified atom stereocenters. The Kier molecular flexibility index (Phi) is 9.98. The van der Waals surface area contributed by atoms with Crippen molar-refractivity contribution in [2.45, 2.75) is 91.8 Å². The zero-order valence-electron chi connectivity index (χ0n) is 29.3. The Hall–Kier alpha value is -4.26. The van der Waals surface area contributed by atoms with E-state index in [0.29, 0.717) is 5.69 Å². The number of aliphatic hydroxyl groups excluding tert-OH is 2. The first-order chi connectivity index (χ1) is 23.0. The van der Waals surface area contributed by atoms with Gasteiger partial charge >= 0.3 is 11.8 Å². The summed E-state index contributed by atoms with van der Waals surface area (Å²) in [4.78, 5) is 26.3. The predicted molar refractivity (Wildman–Crippen MR) is 182 cm³/mol. The van der Waals surface area contributed by atoms with Gasteiger partial charge in [0.2, 0.25) is 0 Å². The van der Waals surface area contributed by atoms with Gasteiger partial charge in [-0.3, -0.25) is 9.59 Å². The number of esters is 1. The largest absolute Gasteiger partial charge is 0.507 e. The van der Waals surface area contributed by atoms with Crippen molar-refractivity contribution in [1.29, 1.82) is 0 Å². The number of phenolic OH excluding ortho intramolecular Hbond substituents is 2. The summed E-state index contributed by atoms with van der Waals surface area (Å²) in [6.45, 7) is 13.3. The fraction of sp³-hybridized carbons (Fsp3) is 0.514. The van der Waals surface area contributed by atoms with Crippen LogP contribution in [0.5, 0.6) is 23.0 Å². The van der Waals surface area contributed by atoms with E-state index in [4.69, 9.17) is 23.7 Å². The number of hydrogen-bond donors (Lipinski definition) is 5. The van der Waals surface area contributed by atoms with Crippen molar-refractivity contribution >= 4 is 28.2 Å². The molecule has 5 rings (SSSR count). The van der Waals surface area contributed by atoms with Crippen molar-refractivity contribution in [2.24, 2.45) is 23.7 Å². The molecule has 5 N–H and O–H groups in total. The highest BCUT2D eigenvalue weighted by Crippen LogP contribution is 2.55. The van der Waals surface area contributed by atoms with E-state index < -0.39 is 65.9 Å². The molecule has 2 aromatic rings. The van der Waals surface area contributed by atoms with Gasteiger partial charge in [-0.1, -0.05) is 45.9 Å². The van der Waals surface area contributed by atoms with E-state index in [2.05, 4.69) is 5.32 Å². The first kappa shape index (κ1) is 36.0. The van der Waals surface area contributed by atoms with Gasteiger partial charge in [0.25, 0.3) is 5.78 Å². The minimum Gasteiger partial charge on any atom is -0.507 e. The van der Waals surface area contributed by atoms with Gasteiger partial charge in [-0.25, -0.2) is 0 Å². The minimum atomic E-state index is -1.87. The summed E-state index contributed by atoms with van der Waals surface area (Å²) < 4.78 is 29.7. The molecule has 0 saturated carbocycles. The Labute approximate surface area is 285 Å². The maximum absolute atomic E-state index is 14.0. The SMILES string of the molecule is CO[C@H]1/C=C\O[C@@]2(C)Oc3c(C)c(O)c4c5c(cc(O)c4c3C2=O)NC(O5)/C(C)=C\C=C/[C@H](C)[C@H](O)[C@@H](C)[C@@H](O)[C@@H](C)[C@H](OC(C)=O)[C@@H]1C. The van der Waals surface area contributed by atoms with Gasteiger partial charge in [0, 0.05) is 61.6 Å². The monoisotopic (exact) mass is 681 g/mol. The van der Waals surface area contributed by atoms with Crippen LogP contribution in [0.4, 0.5) is 5.69 Å². The van der Waals surface area contributed by atoms with Crippen molar-refractivity contribution in [3.63, 3.8) is 0 Å². The zero-order chi connectivity index (χ0) is 36.1. The first-order valence-electron chi connectivity index (χ1n) is 16.5. The Morgan fingerprint density at radius 1 is 0.980 bits per heavy atom. The van der Waals surface area contributed by atoms with Gasteiger partial charge in [0.05, 0.1) is 41.2 Å². The average molecular weight is 682 g/mol. The van der Waals surface area contributed by atoms with Crippen LogP contribution in [0.3, 0.4) is 0 Å². The molecular formula is C37H47NO11. The lowest BCUT2D eigenvalue weighted by Crippen LogP contribution is -2.46. The molecule has 12 nitrogen and oxygen atoms in total. The second-order valence-corrected chi connectivity index (χ2v) is 13.7. The highest BCUT2D eigenvalue weighted by molar-refractivity contribution is 6.21. The van der Waals surface area contributed by atoms with Crippen molar-refractivity contribution < 1.29 is 53.7 Å². The van der Waals surface area contributed by atoms with Crippen molar-refractivity contribution in [3.8, 4) is 23.0 Å². The number of hydrogen-bond acceptors (Lipinski definition) is 12. The molecule has 0 fully saturated rings. The summed E-state index contributed by atoms with van der Waals surface area (Å²) in [6, 6.07) is 1.44. The molecule has 266 valence electrons. The van der Waals surface area contributed by atoms with Crippen LogP contribution in [0.2, 0.25) is 0 Å². The number of benzene rings is 2. The number of allylic oxidation sites excluding steroid dienone is 2. The number of aliphatic hydroxyl groups is 2. The normalized spacial score (nSPS) is 35.6. The number of Topliss-reactive ketones (excluding diaryl/α,β-unsaturated/α-hetero) is 1. The molecule has 0 radical (unpaired) electrons. The number of ketones is 1. The van der Waals surface area contributed by atoms with Gasteiger partial charge in [0.15, 0.2) is 12.0 Å². The zero-order valence-corrected chi connectivity index (χ0v) is 29.3. The van der Waals surface area contributed by atoms with Gasteiger partial charge in [-0.15, -0.1) is 0 Å². The van der Waals surface area contributed by atoms with Crippen LogP contribution in [0.1, 0.15) is 64.4 Å². The summed E-state index contributed by atoms with van der Waals surface area (Å²) in [5.41, 5.74) is 1.48.